The fraction of sp³-hybridized carbons (Fsp3) is 0.348. The second-order valence-electron chi connectivity index (χ2n) is 8.06. The summed E-state index contributed by atoms with van der Waals surface area (Å²) < 4.78 is 58.9. The third kappa shape index (κ3) is 4.67. The smallest absolute Gasteiger partial charge is 0.383 e. The second kappa shape index (κ2) is 8.84. The topological polar surface area (TPSA) is 37.4 Å². The minimum Gasteiger partial charge on any atom is -0.383 e. The van der Waals surface area contributed by atoms with Gasteiger partial charge in [0, 0.05) is 54.8 Å². The molecule has 0 atom stereocenters. The van der Waals surface area contributed by atoms with Crippen LogP contribution in [-0.2, 0) is 16.3 Å². The van der Waals surface area contributed by atoms with E-state index in [0.717, 1.165) is 18.2 Å². The predicted octanol–water partition coefficient (Wildman–Crippen LogP) is 5.36. The van der Waals surface area contributed by atoms with Crippen molar-refractivity contribution in [3.8, 4) is 0 Å². The molecule has 1 saturated heterocycles. The van der Waals surface area contributed by atoms with Crippen molar-refractivity contribution in [1.29, 1.82) is 0 Å². The summed E-state index contributed by atoms with van der Waals surface area (Å²) in [4.78, 5) is 5.94. The molecule has 1 aliphatic heterocycles. The molecule has 1 N–H and O–H groups in total. The van der Waals surface area contributed by atoms with Crippen molar-refractivity contribution in [2.75, 3.05) is 45.2 Å². The second-order valence-corrected chi connectivity index (χ2v) is 8.49. The number of anilines is 1. The molecule has 2 aromatic carbocycles. The molecule has 0 aliphatic carbocycles. The van der Waals surface area contributed by atoms with Crippen LogP contribution in [0.3, 0.4) is 0 Å². The molecule has 0 saturated carbocycles. The number of likely N-dealkylation sites (tertiary alicyclic amines) is 1. The fourth-order valence-corrected chi connectivity index (χ4v) is 4.31. The number of halogens is 5. The van der Waals surface area contributed by atoms with Gasteiger partial charge in [0.05, 0.1) is 12.1 Å². The summed E-state index contributed by atoms with van der Waals surface area (Å²) in [6, 6.07) is 11.9. The van der Waals surface area contributed by atoms with Crippen LogP contribution < -0.4 is 5.32 Å². The molecule has 170 valence electrons. The molecule has 9 heteroatoms. The van der Waals surface area contributed by atoms with Gasteiger partial charge < -0.3 is 10.1 Å². The zero-order valence-electron chi connectivity index (χ0n) is 17.3. The predicted molar refractivity (Wildman–Crippen MR) is 117 cm³/mol. The van der Waals surface area contributed by atoms with E-state index >= 15 is 0 Å². The first kappa shape index (κ1) is 22.8. The number of hydrogen-bond donors (Lipinski definition) is 1. The van der Waals surface area contributed by atoms with Crippen LogP contribution in [0.1, 0.15) is 11.3 Å². The molecule has 1 aliphatic rings. The maximum Gasteiger partial charge on any atom is 0.433 e. The van der Waals surface area contributed by atoms with Gasteiger partial charge in [-0.25, -0.2) is 9.37 Å². The average molecular weight is 468 g/mol. The van der Waals surface area contributed by atoms with Gasteiger partial charge in [0.1, 0.15) is 11.5 Å². The van der Waals surface area contributed by atoms with E-state index in [1.807, 2.05) is 0 Å². The van der Waals surface area contributed by atoms with E-state index in [2.05, 4.69) is 15.2 Å². The summed E-state index contributed by atoms with van der Waals surface area (Å²) in [5.41, 5.74) is 0.0848. The zero-order chi connectivity index (χ0) is 22.9. The minimum absolute atomic E-state index is 0.206. The van der Waals surface area contributed by atoms with Gasteiger partial charge in [-0.05, 0) is 42.0 Å². The lowest BCUT2D eigenvalue weighted by Gasteiger charge is -2.51. The van der Waals surface area contributed by atoms with Crippen molar-refractivity contribution >= 4 is 28.2 Å². The molecule has 2 heterocycles. The highest BCUT2D eigenvalue weighted by atomic mass is 35.5. The van der Waals surface area contributed by atoms with Gasteiger partial charge in [-0.1, -0.05) is 23.7 Å². The van der Waals surface area contributed by atoms with Gasteiger partial charge >= 0.3 is 6.18 Å². The Balaban J connectivity index is 1.66. The number of aromatic nitrogens is 1. The van der Waals surface area contributed by atoms with Crippen molar-refractivity contribution < 1.29 is 22.3 Å². The van der Waals surface area contributed by atoms with Gasteiger partial charge in [0.2, 0.25) is 0 Å². The van der Waals surface area contributed by atoms with E-state index in [9.17, 15) is 17.6 Å². The number of hydrogen-bond acceptors (Lipinski definition) is 4. The van der Waals surface area contributed by atoms with Gasteiger partial charge in [0.15, 0.2) is 0 Å². The Kier molecular flexibility index (Phi) is 6.29. The lowest BCUT2D eigenvalue weighted by molar-refractivity contribution is -0.140. The summed E-state index contributed by atoms with van der Waals surface area (Å²) in [5.74, 6) is -0.336. The first-order valence-corrected chi connectivity index (χ1v) is 10.5. The van der Waals surface area contributed by atoms with Crippen molar-refractivity contribution in [2.45, 2.75) is 11.6 Å². The standard InChI is InChI=1S/C23H22ClF4N3O/c1-32-9-8-31-13-22(14-31,15-2-5-17(25)6-3-15)12-29-20-11-21(23(26,27)28)30-19-7-4-16(24)10-18(19)20/h2-7,10-11H,8-9,12-14H2,1H3,(H,29,30). The van der Waals surface area contributed by atoms with Crippen molar-refractivity contribution in [3.05, 3.63) is 70.6 Å². The number of benzene rings is 2. The molecule has 0 spiro atoms. The number of nitrogens with zero attached hydrogens (tertiary/aromatic N) is 2. The van der Waals surface area contributed by atoms with Gasteiger partial charge in [-0.3, -0.25) is 4.90 Å². The van der Waals surface area contributed by atoms with E-state index in [1.54, 1.807) is 25.3 Å². The van der Waals surface area contributed by atoms with Gasteiger partial charge in [-0.15, -0.1) is 0 Å². The van der Waals surface area contributed by atoms with Gasteiger partial charge in [-0.2, -0.15) is 13.2 Å². The molecular formula is C23H22ClF4N3O. The Morgan fingerprint density at radius 1 is 1.12 bits per heavy atom. The monoisotopic (exact) mass is 467 g/mol. The zero-order valence-corrected chi connectivity index (χ0v) is 18.1. The Morgan fingerprint density at radius 3 is 2.50 bits per heavy atom. The summed E-state index contributed by atoms with van der Waals surface area (Å²) in [7, 11) is 1.63. The minimum atomic E-state index is -4.58. The SMILES string of the molecule is COCCN1CC(CNc2cc(C(F)(F)F)nc3ccc(Cl)cc23)(c2ccc(F)cc2)C1. The Labute approximate surface area is 188 Å². The summed E-state index contributed by atoms with van der Waals surface area (Å²) in [6.07, 6.45) is -4.58. The molecule has 32 heavy (non-hydrogen) atoms. The normalized spacial score (nSPS) is 16.2. The first-order valence-electron chi connectivity index (χ1n) is 10.1. The van der Waals surface area contributed by atoms with Crippen LogP contribution in [0.4, 0.5) is 23.2 Å². The molecule has 0 radical (unpaired) electrons. The van der Waals surface area contributed by atoms with Gasteiger partial charge in [0.25, 0.3) is 0 Å². The molecule has 1 fully saturated rings. The van der Waals surface area contributed by atoms with Crippen LogP contribution in [0.25, 0.3) is 10.9 Å². The van der Waals surface area contributed by atoms with E-state index in [1.165, 1.54) is 24.3 Å². The van der Waals surface area contributed by atoms with E-state index in [0.29, 0.717) is 42.3 Å². The summed E-state index contributed by atoms with van der Waals surface area (Å²) in [6.45, 7) is 3.03. The van der Waals surface area contributed by atoms with Crippen molar-refractivity contribution in [1.82, 2.24) is 9.88 Å². The molecule has 0 amide bonds. The maximum atomic E-state index is 13.5. The molecule has 4 nitrogen and oxygen atoms in total. The Morgan fingerprint density at radius 2 is 1.84 bits per heavy atom. The maximum absolute atomic E-state index is 13.5. The van der Waals surface area contributed by atoms with Crippen molar-refractivity contribution in [3.63, 3.8) is 0 Å². The molecular weight excluding hydrogens is 446 g/mol. The number of pyridine rings is 1. The summed E-state index contributed by atoms with van der Waals surface area (Å²) >= 11 is 6.10. The van der Waals surface area contributed by atoms with E-state index in [-0.39, 0.29) is 16.7 Å². The van der Waals surface area contributed by atoms with Crippen LogP contribution in [-0.4, -0.2) is 49.8 Å². The number of nitrogens with one attached hydrogen (secondary N) is 1. The highest BCUT2D eigenvalue weighted by Gasteiger charge is 2.44. The molecule has 0 unspecified atom stereocenters. The Bertz CT molecular complexity index is 1100. The number of rotatable bonds is 7. The summed E-state index contributed by atoms with van der Waals surface area (Å²) in [5, 5.41) is 4.13. The first-order chi connectivity index (χ1) is 15.2. The largest absolute Gasteiger partial charge is 0.433 e. The third-order valence-electron chi connectivity index (χ3n) is 5.80. The van der Waals surface area contributed by atoms with Crippen LogP contribution >= 0.6 is 11.6 Å². The Hall–Kier alpha value is -2.42. The molecule has 3 aromatic rings. The van der Waals surface area contributed by atoms with Crippen molar-refractivity contribution in [2.24, 2.45) is 0 Å². The molecule has 1 aromatic heterocycles. The van der Waals surface area contributed by atoms with Crippen LogP contribution in [0.5, 0.6) is 0 Å². The fourth-order valence-electron chi connectivity index (χ4n) is 4.14. The quantitative estimate of drug-likeness (QED) is 0.475. The average Bonchev–Trinajstić information content (AvgIpc) is 2.72. The van der Waals surface area contributed by atoms with Crippen LogP contribution in [0.15, 0.2) is 48.5 Å². The molecule has 0 bridgehead atoms. The number of fused-ring (bicyclic) bond motifs is 1. The lowest BCUT2D eigenvalue weighted by atomic mass is 9.73. The molecule has 4 rings (SSSR count). The number of ether oxygens (including phenoxy) is 1. The highest BCUT2D eigenvalue weighted by molar-refractivity contribution is 6.31. The number of methoxy groups -OCH3 is 1. The third-order valence-corrected chi connectivity index (χ3v) is 6.03. The van der Waals surface area contributed by atoms with E-state index < -0.39 is 11.9 Å². The number of alkyl halides is 3. The lowest BCUT2D eigenvalue weighted by Crippen LogP contribution is -2.62. The van der Waals surface area contributed by atoms with Crippen LogP contribution in [0.2, 0.25) is 5.02 Å². The van der Waals surface area contributed by atoms with E-state index in [4.69, 9.17) is 16.3 Å². The highest BCUT2D eigenvalue weighted by Crippen LogP contribution is 2.38. The van der Waals surface area contributed by atoms with Crippen LogP contribution in [0, 0.1) is 5.82 Å².